The Morgan fingerprint density at radius 1 is 1.36 bits per heavy atom. The Balaban J connectivity index is 1.64. The van der Waals surface area contributed by atoms with Gasteiger partial charge in [-0.1, -0.05) is 29.8 Å². The number of amides is 1. The molecule has 0 unspecified atom stereocenters. The van der Waals surface area contributed by atoms with Crippen LogP contribution in [0, 0.1) is 19.7 Å². The van der Waals surface area contributed by atoms with Gasteiger partial charge in [0, 0.05) is 17.5 Å². The van der Waals surface area contributed by atoms with Crippen LogP contribution in [-0.2, 0) is 17.8 Å². The first kappa shape index (κ1) is 17.6. The number of halogens is 2. The standard InChI is InChI=1S/C17H16ClFN4OS/c1-10-16(18)11(2)23(22-10)17-21-13(9-25-17)7-15(24)20-8-12-5-3-4-6-14(12)19/h3-6,9H,7-8H2,1-2H3,(H,20,24). The molecule has 3 aromatic rings. The van der Waals surface area contributed by atoms with E-state index in [1.165, 1.54) is 17.4 Å². The first-order valence-electron chi connectivity index (χ1n) is 7.62. The minimum Gasteiger partial charge on any atom is -0.352 e. The molecule has 0 spiro atoms. The van der Waals surface area contributed by atoms with Crippen LogP contribution in [0.15, 0.2) is 29.6 Å². The number of nitrogens with one attached hydrogen (secondary N) is 1. The first-order valence-corrected chi connectivity index (χ1v) is 8.88. The van der Waals surface area contributed by atoms with Crippen molar-refractivity contribution in [2.45, 2.75) is 26.8 Å². The van der Waals surface area contributed by atoms with Crippen LogP contribution < -0.4 is 5.32 Å². The van der Waals surface area contributed by atoms with E-state index >= 15 is 0 Å². The van der Waals surface area contributed by atoms with Gasteiger partial charge in [-0.25, -0.2) is 14.1 Å². The second-order valence-electron chi connectivity index (χ2n) is 5.56. The van der Waals surface area contributed by atoms with Gasteiger partial charge in [0.1, 0.15) is 5.82 Å². The number of aromatic nitrogens is 3. The highest BCUT2D eigenvalue weighted by atomic mass is 35.5. The van der Waals surface area contributed by atoms with Gasteiger partial charge in [-0.2, -0.15) is 5.10 Å². The predicted octanol–water partition coefficient (Wildman–Crippen LogP) is 3.60. The van der Waals surface area contributed by atoms with Crippen molar-refractivity contribution in [2.24, 2.45) is 0 Å². The largest absolute Gasteiger partial charge is 0.352 e. The monoisotopic (exact) mass is 378 g/mol. The highest BCUT2D eigenvalue weighted by Crippen LogP contribution is 2.24. The van der Waals surface area contributed by atoms with E-state index in [4.69, 9.17) is 11.6 Å². The summed E-state index contributed by atoms with van der Waals surface area (Å²) in [4.78, 5) is 16.5. The molecule has 1 amide bonds. The molecule has 0 aliphatic rings. The highest BCUT2D eigenvalue weighted by molar-refractivity contribution is 7.12. The molecule has 0 saturated carbocycles. The third-order valence-electron chi connectivity index (χ3n) is 3.70. The number of benzene rings is 1. The van der Waals surface area contributed by atoms with E-state index in [9.17, 15) is 9.18 Å². The van der Waals surface area contributed by atoms with Crippen LogP contribution in [0.25, 0.3) is 5.13 Å². The van der Waals surface area contributed by atoms with Gasteiger partial charge in [0.2, 0.25) is 11.0 Å². The lowest BCUT2D eigenvalue weighted by Crippen LogP contribution is -2.25. The third kappa shape index (κ3) is 3.88. The maximum Gasteiger partial charge on any atom is 0.226 e. The SMILES string of the molecule is Cc1nn(-c2nc(CC(=O)NCc3ccccc3F)cs2)c(C)c1Cl. The van der Waals surface area contributed by atoms with Gasteiger partial charge >= 0.3 is 0 Å². The zero-order valence-electron chi connectivity index (χ0n) is 13.7. The summed E-state index contributed by atoms with van der Waals surface area (Å²) in [5.74, 6) is -0.549. The van der Waals surface area contributed by atoms with Crippen LogP contribution in [0.1, 0.15) is 22.6 Å². The van der Waals surface area contributed by atoms with Crippen LogP contribution >= 0.6 is 22.9 Å². The second kappa shape index (κ2) is 7.33. The summed E-state index contributed by atoms with van der Waals surface area (Å²) in [7, 11) is 0. The molecule has 0 aliphatic carbocycles. The van der Waals surface area contributed by atoms with Crippen LogP contribution in [-0.4, -0.2) is 20.7 Å². The van der Waals surface area contributed by atoms with Gasteiger partial charge in [-0.15, -0.1) is 11.3 Å². The summed E-state index contributed by atoms with van der Waals surface area (Å²) in [5, 5.41) is 10.1. The van der Waals surface area contributed by atoms with Crippen LogP contribution in [0.3, 0.4) is 0 Å². The smallest absolute Gasteiger partial charge is 0.226 e. The lowest BCUT2D eigenvalue weighted by molar-refractivity contribution is -0.120. The average Bonchev–Trinajstić information content (AvgIpc) is 3.14. The Morgan fingerprint density at radius 3 is 2.80 bits per heavy atom. The van der Waals surface area contributed by atoms with Crippen molar-refractivity contribution in [2.75, 3.05) is 0 Å². The molecule has 25 heavy (non-hydrogen) atoms. The van der Waals surface area contributed by atoms with E-state index in [0.29, 0.717) is 21.4 Å². The zero-order chi connectivity index (χ0) is 18.0. The van der Waals surface area contributed by atoms with Crippen molar-refractivity contribution in [3.8, 4) is 5.13 Å². The minimum atomic E-state index is -0.333. The summed E-state index contributed by atoms with van der Waals surface area (Å²) in [6, 6.07) is 6.36. The Hall–Kier alpha value is -2.25. The highest BCUT2D eigenvalue weighted by Gasteiger charge is 2.15. The number of aryl methyl sites for hydroxylation is 1. The van der Waals surface area contributed by atoms with E-state index in [1.54, 1.807) is 22.9 Å². The van der Waals surface area contributed by atoms with Crippen LogP contribution in [0.4, 0.5) is 4.39 Å². The van der Waals surface area contributed by atoms with Crippen molar-refractivity contribution in [3.05, 3.63) is 63.1 Å². The van der Waals surface area contributed by atoms with E-state index in [-0.39, 0.29) is 24.7 Å². The lowest BCUT2D eigenvalue weighted by atomic mass is 10.2. The maximum absolute atomic E-state index is 13.5. The minimum absolute atomic E-state index is 0.123. The number of carbonyl (C=O) groups is 1. The predicted molar refractivity (Wildman–Crippen MR) is 95.7 cm³/mol. The second-order valence-corrected chi connectivity index (χ2v) is 6.78. The van der Waals surface area contributed by atoms with Gasteiger partial charge in [0.05, 0.1) is 28.5 Å². The molecule has 130 valence electrons. The van der Waals surface area contributed by atoms with Crippen LogP contribution in [0.5, 0.6) is 0 Å². The molecule has 0 aliphatic heterocycles. The molecule has 2 heterocycles. The fourth-order valence-corrected chi connectivity index (χ4v) is 3.29. The molecule has 5 nitrogen and oxygen atoms in total. The molecule has 0 radical (unpaired) electrons. The molecule has 0 saturated heterocycles. The molecule has 0 bridgehead atoms. The normalized spacial score (nSPS) is 10.9. The number of hydrogen-bond acceptors (Lipinski definition) is 4. The molecule has 8 heteroatoms. The summed E-state index contributed by atoms with van der Waals surface area (Å²) in [6.45, 7) is 3.84. The zero-order valence-corrected chi connectivity index (χ0v) is 15.3. The fraction of sp³-hybridized carbons (Fsp3) is 0.235. The molecule has 0 atom stereocenters. The Morgan fingerprint density at radius 2 is 2.12 bits per heavy atom. The van der Waals surface area contributed by atoms with E-state index in [1.807, 2.05) is 19.2 Å². The maximum atomic E-state index is 13.5. The van der Waals surface area contributed by atoms with Crippen LogP contribution in [0.2, 0.25) is 5.02 Å². The average molecular weight is 379 g/mol. The lowest BCUT2D eigenvalue weighted by Gasteiger charge is -2.05. The summed E-state index contributed by atoms with van der Waals surface area (Å²) >= 11 is 7.54. The van der Waals surface area contributed by atoms with E-state index in [0.717, 1.165) is 11.4 Å². The molecule has 0 fully saturated rings. The van der Waals surface area contributed by atoms with Gasteiger partial charge in [-0.3, -0.25) is 4.79 Å². The summed E-state index contributed by atoms with van der Waals surface area (Å²) in [5.41, 5.74) is 2.63. The van der Waals surface area contributed by atoms with E-state index < -0.39 is 0 Å². The fourth-order valence-electron chi connectivity index (χ4n) is 2.35. The van der Waals surface area contributed by atoms with Gasteiger partial charge in [-0.05, 0) is 19.9 Å². The number of hydrogen-bond donors (Lipinski definition) is 1. The van der Waals surface area contributed by atoms with Crippen molar-refractivity contribution < 1.29 is 9.18 Å². The topological polar surface area (TPSA) is 59.8 Å². The molecular formula is C17H16ClFN4OS. The molecule has 1 N–H and O–H groups in total. The van der Waals surface area contributed by atoms with Gasteiger partial charge in [0.25, 0.3) is 0 Å². The molecular weight excluding hydrogens is 363 g/mol. The summed E-state index contributed by atoms with van der Waals surface area (Å²) in [6.07, 6.45) is 0.123. The number of thiazole rings is 1. The number of carbonyl (C=O) groups excluding carboxylic acids is 1. The Labute approximate surface area is 153 Å². The molecule has 1 aromatic carbocycles. The van der Waals surface area contributed by atoms with Gasteiger partial charge < -0.3 is 5.32 Å². The van der Waals surface area contributed by atoms with Crippen molar-refractivity contribution in [1.82, 2.24) is 20.1 Å². The third-order valence-corrected chi connectivity index (χ3v) is 5.11. The number of rotatable bonds is 5. The number of nitrogens with zero attached hydrogens (tertiary/aromatic N) is 3. The molecule has 3 rings (SSSR count). The quantitative estimate of drug-likeness (QED) is 0.738. The first-order chi connectivity index (χ1) is 12.0. The molecule has 2 aromatic heterocycles. The van der Waals surface area contributed by atoms with Crippen molar-refractivity contribution in [3.63, 3.8) is 0 Å². The van der Waals surface area contributed by atoms with Gasteiger partial charge in [0.15, 0.2) is 0 Å². The Kier molecular flexibility index (Phi) is 5.15. The van der Waals surface area contributed by atoms with Crippen molar-refractivity contribution >= 4 is 28.8 Å². The van der Waals surface area contributed by atoms with E-state index in [2.05, 4.69) is 15.4 Å². The summed E-state index contributed by atoms with van der Waals surface area (Å²) < 4.78 is 15.2. The Bertz CT molecular complexity index is 921. The van der Waals surface area contributed by atoms with Crippen molar-refractivity contribution in [1.29, 1.82) is 0 Å².